The first-order valence-electron chi connectivity index (χ1n) is 7.23. The summed E-state index contributed by atoms with van der Waals surface area (Å²) in [7, 11) is -1.38. The molecular weight excluding hydrogens is 316 g/mol. The maximum atomic E-state index is 12.1. The number of carbonyl (C=O) groups excluding carboxylic acids is 1. The highest BCUT2D eigenvalue weighted by atomic mass is 32.3. The zero-order valence-electron chi connectivity index (χ0n) is 12.9. The largest absolute Gasteiger partial charge is 0.371 e. The second kappa shape index (κ2) is 7.76. The van der Waals surface area contributed by atoms with Gasteiger partial charge in [-0.2, -0.15) is 0 Å². The molecule has 2 rings (SSSR count). The Morgan fingerprint density at radius 1 is 1.43 bits per heavy atom. The highest BCUT2D eigenvalue weighted by molar-refractivity contribution is 8.27. The Labute approximate surface area is 137 Å². The summed E-state index contributed by atoms with van der Waals surface area (Å²) in [6.45, 7) is 0.823. The van der Waals surface area contributed by atoms with E-state index in [9.17, 15) is 13.9 Å². The first kappa shape index (κ1) is 17.7. The summed E-state index contributed by atoms with van der Waals surface area (Å²) in [5, 5.41) is 4.15. The number of benzene rings is 1. The predicted molar refractivity (Wildman–Crippen MR) is 92.3 cm³/mol. The Morgan fingerprint density at radius 2 is 2.22 bits per heavy atom. The van der Waals surface area contributed by atoms with Crippen LogP contribution in [0.3, 0.4) is 0 Å². The van der Waals surface area contributed by atoms with Crippen molar-refractivity contribution in [3.8, 4) is 0 Å². The second-order valence-corrected chi connectivity index (χ2v) is 7.05. The van der Waals surface area contributed by atoms with Crippen LogP contribution in [0.4, 0.5) is 0 Å². The first-order valence-corrected chi connectivity index (χ1v) is 8.84. The number of carbonyl (C=O) groups is 1. The molecule has 0 fully saturated rings. The Morgan fingerprint density at radius 3 is 2.91 bits per heavy atom. The van der Waals surface area contributed by atoms with Crippen LogP contribution in [0.25, 0.3) is 6.08 Å². The molecule has 126 valence electrons. The minimum atomic E-state index is -2.85. The fourth-order valence-electron chi connectivity index (χ4n) is 2.30. The van der Waals surface area contributed by atoms with Crippen molar-refractivity contribution in [2.24, 2.45) is 5.73 Å². The smallest absolute Gasteiger partial charge is 0.249 e. The molecule has 1 unspecified atom stereocenters. The Balaban J connectivity index is 2.02. The van der Waals surface area contributed by atoms with Crippen molar-refractivity contribution in [3.63, 3.8) is 0 Å². The molecular formula is C16H22N2O4S. The SMILES string of the molecule is COC(Cc1ccc2c(c1)S(O)(O)C=C2)C(=O)NCC=CCN. The topological polar surface area (TPSA) is 105 Å². The molecule has 0 aromatic heterocycles. The lowest BCUT2D eigenvalue weighted by Crippen LogP contribution is -2.37. The number of nitrogens with one attached hydrogen (secondary N) is 1. The fourth-order valence-corrected chi connectivity index (χ4v) is 3.59. The standard InChI is InChI=1S/C16H22N2O4S/c1-22-14(16(19)18-8-3-2-7-17)10-12-4-5-13-6-9-23(20,21)15(13)11-12/h2-6,9,11,14,20-21H,7-8,10,17H2,1H3,(H,18,19). The third-order valence-corrected chi connectivity index (χ3v) is 5.05. The Kier molecular flexibility index (Phi) is 5.97. The van der Waals surface area contributed by atoms with Crippen LogP contribution in [0.1, 0.15) is 11.1 Å². The normalized spacial score (nSPS) is 17.9. The molecule has 0 bridgehead atoms. The number of fused-ring (bicyclic) bond motifs is 1. The average molecular weight is 338 g/mol. The number of hydrogen-bond donors (Lipinski definition) is 4. The first-order chi connectivity index (χ1) is 11.0. The van der Waals surface area contributed by atoms with Crippen molar-refractivity contribution >= 4 is 22.6 Å². The lowest BCUT2D eigenvalue weighted by molar-refractivity contribution is -0.130. The van der Waals surface area contributed by atoms with E-state index in [0.29, 0.717) is 24.4 Å². The number of nitrogens with two attached hydrogens (primary N) is 1. The highest BCUT2D eigenvalue weighted by Gasteiger charge is 2.23. The molecule has 7 heteroatoms. The summed E-state index contributed by atoms with van der Waals surface area (Å²) in [6, 6.07) is 5.40. The summed E-state index contributed by atoms with van der Waals surface area (Å²) < 4.78 is 25.2. The number of rotatable bonds is 7. The van der Waals surface area contributed by atoms with Gasteiger partial charge < -0.3 is 15.8 Å². The zero-order valence-corrected chi connectivity index (χ0v) is 13.8. The van der Waals surface area contributed by atoms with E-state index >= 15 is 0 Å². The third kappa shape index (κ3) is 4.43. The Hall–Kier alpha value is -1.64. The van der Waals surface area contributed by atoms with Crippen molar-refractivity contribution in [2.45, 2.75) is 17.4 Å². The molecule has 1 aromatic rings. The van der Waals surface area contributed by atoms with Gasteiger partial charge in [-0.3, -0.25) is 13.9 Å². The van der Waals surface area contributed by atoms with Gasteiger partial charge >= 0.3 is 0 Å². The molecule has 0 saturated carbocycles. The summed E-state index contributed by atoms with van der Waals surface area (Å²) in [5.74, 6) is -0.223. The average Bonchev–Trinajstić information content (AvgIpc) is 2.84. The van der Waals surface area contributed by atoms with Crippen LogP contribution in [0.15, 0.2) is 40.7 Å². The van der Waals surface area contributed by atoms with Gasteiger partial charge in [0.15, 0.2) is 0 Å². The maximum Gasteiger partial charge on any atom is 0.249 e. The minimum Gasteiger partial charge on any atom is -0.371 e. The minimum absolute atomic E-state index is 0.223. The number of ether oxygens (including phenoxy) is 1. The lowest BCUT2D eigenvalue weighted by atomic mass is 10.1. The van der Waals surface area contributed by atoms with E-state index < -0.39 is 16.7 Å². The molecule has 1 heterocycles. The van der Waals surface area contributed by atoms with Crippen LogP contribution in [0.5, 0.6) is 0 Å². The highest BCUT2D eigenvalue weighted by Crippen LogP contribution is 2.56. The monoisotopic (exact) mass is 338 g/mol. The van der Waals surface area contributed by atoms with Crippen LogP contribution in [-0.2, 0) is 16.0 Å². The summed E-state index contributed by atoms with van der Waals surface area (Å²) >= 11 is 0. The lowest BCUT2D eigenvalue weighted by Gasteiger charge is -2.26. The number of amides is 1. The molecule has 1 amide bonds. The van der Waals surface area contributed by atoms with Crippen molar-refractivity contribution in [1.82, 2.24) is 5.32 Å². The molecule has 1 aliphatic rings. The van der Waals surface area contributed by atoms with Gasteiger partial charge in [0.25, 0.3) is 0 Å². The van der Waals surface area contributed by atoms with Gasteiger partial charge in [-0.1, -0.05) is 24.3 Å². The van der Waals surface area contributed by atoms with Gasteiger partial charge in [-0.15, -0.1) is 10.6 Å². The molecule has 0 saturated heterocycles. The van der Waals surface area contributed by atoms with Crippen LogP contribution in [0.2, 0.25) is 0 Å². The van der Waals surface area contributed by atoms with Gasteiger partial charge in [0.1, 0.15) is 6.10 Å². The molecule has 5 N–H and O–H groups in total. The van der Waals surface area contributed by atoms with Crippen LogP contribution in [0, 0.1) is 0 Å². The predicted octanol–water partition coefficient (Wildman–Crippen LogP) is 1.97. The van der Waals surface area contributed by atoms with Crippen LogP contribution in [-0.4, -0.2) is 41.3 Å². The van der Waals surface area contributed by atoms with Crippen molar-refractivity contribution in [3.05, 3.63) is 46.9 Å². The molecule has 1 aliphatic heterocycles. The van der Waals surface area contributed by atoms with E-state index in [2.05, 4.69) is 5.32 Å². The van der Waals surface area contributed by atoms with E-state index in [1.165, 1.54) is 12.5 Å². The van der Waals surface area contributed by atoms with E-state index in [-0.39, 0.29) is 5.91 Å². The summed E-state index contributed by atoms with van der Waals surface area (Å²) in [4.78, 5) is 12.6. The fraction of sp³-hybridized carbons (Fsp3) is 0.312. The quantitative estimate of drug-likeness (QED) is 0.569. The van der Waals surface area contributed by atoms with E-state index in [4.69, 9.17) is 10.5 Å². The molecule has 1 atom stereocenters. The second-order valence-electron chi connectivity index (χ2n) is 5.15. The maximum absolute atomic E-state index is 12.1. The zero-order chi connectivity index (χ0) is 16.9. The summed E-state index contributed by atoms with van der Waals surface area (Å²) in [5.41, 5.74) is 6.93. The molecule has 23 heavy (non-hydrogen) atoms. The van der Waals surface area contributed by atoms with Gasteiger partial charge in [0.2, 0.25) is 5.91 Å². The van der Waals surface area contributed by atoms with Gasteiger partial charge in [0.05, 0.1) is 4.90 Å². The van der Waals surface area contributed by atoms with E-state index in [1.54, 1.807) is 24.3 Å². The number of hydrogen-bond acceptors (Lipinski definition) is 5. The molecule has 6 nitrogen and oxygen atoms in total. The third-order valence-electron chi connectivity index (χ3n) is 3.53. The molecule has 0 radical (unpaired) electrons. The van der Waals surface area contributed by atoms with Crippen molar-refractivity contribution in [2.75, 3.05) is 20.2 Å². The molecule has 0 spiro atoms. The van der Waals surface area contributed by atoms with Gasteiger partial charge in [-0.05, 0) is 23.3 Å². The van der Waals surface area contributed by atoms with Crippen molar-refractivity contribution < 1.29 is 18.6 Å². The Bertz CT molecular complexity index is 629. The van der Waals surface area contributed by atoms with E-state index in [0.717, 1.165) is 11.1 Å². The van der Waals surface area contributed by atoms with Crippen molar-refractivity contribution in [1.29, 1.82) is 0 Å². The number of methoxy groups -OCH3 is 1. The van der Waals surface area contributed by atoms with Gasteiger partial charge in [0, 0.05) is 32.0 Å². The van der Waals surface area contributed by atoms with Crippen LogP contribution < -0.4 is 11.1 Å². The molecule has 0 aliphatic carbocycles. The summed E-state index contributed by atoms with van der Waals surface area (Å²) in [6.07, 6.45) is 4.95. The van der Waals surface area contributed by atoms with E-state index in [1.807, 2.05) is 12.1 Å². The van der Waals surface area contributed by atoms with Gasteiger partial charge in [-0.25, -0.2) is 0 Å². The van der Waals surface area contributed by atoms with Crippen LogP contribution >= 0.6 is 10.6 Å². The molecule has 1 aromatic carbocycles.